The second kappa shape index (κ2) is 5.37. The van der Waals surface area contributed by atoms with E-state index >= 15 is 0 Å². The first-order valence-corrected chi connectivity index (χ1v) is 5.90. The summed E-state index contributed by atoms with van der Waals surface area (Å²) < 4.78 is 39.0. The summed E-state index contributed by atoms with van der Waals surface area (Å²) in [5, 5.41) is 2.59. The zero-order chi connectivity index (χ0) is 13.1. The zero-order valence-corrected chi connectivity index (χ0v) is 9.68. The van der Waals surface area contributed by atoms with Gasteiger partial charge in [0.1, 0.15) is 0 Å². The molecule has 1 aliphatic rings. The molecule has 0 spiro atoms. The van der Waals surface area contributed by atoms with Crippen molar-refractivity contribution in [3.63, 3.8) is 0 Å². The van der Waals surface area contributed by atoms with Crippen LogP contribution in [0.5, 0.6) is 0 Å². The summed E-state index contributed by atoms with van der Waals surface area (Å²) in [6, 6.07) is 0.557. The van der Waals surface area contributed by atoms with Crippen LogP contribution in [0.15, 0.2) is 6.07 Å². The van der Waals surface area contributed by atoms with Crippen LogP contribution in [-0.4, -0.2) is 16.9 Å². The minimum atomic E-state index is -1.59. The topological polar surface area (TPSA) is 42.0 Å². The van der Waals surface area contributed by atoms with Crippen molar-refractivity contribution in [2.24, 2.45) is 0 Å². The summed E-state index contributed by atoms with van der Waals surface area (Å²) in [6.07, 6.45) is 4.71. The van der Waals surface area contributed by atoms with Gasteiger partial charge in [0.15, 0.2) is 5.82 Å². The Hall–Kier alpha value is -1.59. The molecule has 0 saturated heterocycles. The van der Waals surface area contributed by atoms with Crippen LogP contribution in [-0.2, 0) is 0 Å². The standard InChI is InChI=1S/C12H13F3N2O/c13-9-6-8(10(14)11(15)17-9)12(18)16-7-4-2-1-3-5-7/h6-7H,1-5H2,(H,16,18). The SMILES string of the molecule is O=C(NC1CCCCC1)c1cc(F)nc(F)c1F. The van der Waals surface area contributed by atoms with Crippen molar-refractivity contribution >= 4 is 5.91 Å². The van der Waals surface area contributed by atoms with Crippen molar-refractivity contribution in [2.45, 2.75) is 38.1 Å². The Morgan fingerprint density at radius 2 is 1.89 bits per heavy atom. The lowest BCUT2D eigenvalue weighted by molar-refractivity contribution is 0.0921. The predicted octanol–water partition coefficient (Wildman–Crippen LogP) is 2.56. The van der Waals surface area contributed by atoms with Crippen LogP contribution in [0.1, 0.15) is 42.5 Å². The van der Waals surface area contributed by atoms with Crippen molar-refractivity contribution in [3.8, 4) is 0 Å². The largest absolute Gasteiger partial charge is 0.349 e. The first-order valence-electron chi connectivity index (χ1n) is 5.90. The van der Waals surface area contributed by atoms with Gasteiger partial charge in [-0.1, -0.05) is 19.3 Å². The van der Waals surface area contributed by atoms with E-state index < -0.39 is 29.2 Å². The van der Waals surface area contributed by atoms with Gasteiger partial charge in [-0.3, -0.25) is 4.79 Å². The van der Waals surface area contributed by atoms with Gasteiger partial charge in [0.2, 0.25) is 5.95 Å². The average Bonchev–Trinajstić information content (AvgIpc) is 2.35. The molecule has 0 aromatic carbocycles. The van der Waals surface area contributed by atoms with E-state index in [0.29, 0.717) is 6.07 Å². The van der Waals surface area contributed by atoms with Crippen LogP contribution in [0.3, 0.4) is 0 Å². The highest BCUT2D eigenvalue weighted by atomic mass is 19.2. The number of amides is 1. The number of hydrogen-bond donors (Lipinski definition) is 1. The maximum absolute atomic E-state index is 13.3. The molecular weight excluding hydrogens is 245 g/mol. The Morgan fingerprint density at radius 3 is 2.56 bits per heavy atom. The third kappa shape index (κ3) is 2.80. The van der Waals surface area contributed by atoms with Crippen molar-refractivity contribution in [2.75, 3.05) is 0 Å². The molecule has 1 saturated carbocycles. The number of hydrogen-bond acceptors (Lipinski definition) is 2. The Kier molecular flexibility index (Phi) is 3.84. The molecule has 1 aromatic rings. The summed E-state index contributed by atoms with van der Waals surface area (Å²) in [5.74, 6) is -5.00. The van der Waals surface area contributed by atoms with Gasteiger partial charge in [-0.2, -0.15) is 13.8 Å². The van der Waals surface area contributed by atoms with Gasteiger partial charge in [0.25, 0.3) is 11.9 Å². The summed E-state index contributed by atoms with van der Waals surface area (Å²) in [7, 11) is 0. The van der Waals surface area contributed by atoms with Gasteiger partial charge in [0, 0.05) is 12.1 Å². The molecule has 1 heterocycles. The monoisotopic (exact) mass is 258 g/mol. The van der Waals surface area contributed by atoms with Crippen LogP contribution in [0.25, 0.3) is 0 Å². The third-order valence-corrected chi connectivity index (χ3v) is 3.07. The lowest BCUT2D eigenvalue weighted by atomic mass is 9.95. The molecule has 1 amide bonds. The summed E-state index contributed by atoms with van der Waals surface area (Å²) in [5.41, 5.74) is -0.634. The van der Waals surface area contributed by atoms with Gasteiger partial charge < -0.3 is 5.32 Å². The van der Waals surface area contributed by atoms with Crippen molar-refractivity contribution < 1.29 is 18.0 Å². The number of nitrogens with one attached hydrogen (secondary N) is 1. The van der Waals surface area contributed by atoms with E-state index in [0.717, 1.165) is 32.1 Å². The van der Waals surface area contributed by atoms with Gasteiger partial charge in [-0.25, -0.2) is 4.39 Å². The van der Waals surface area contributed by atoms with E-state index in [4.69, 9.17) is 0 Å². The number of carbonyl (C=O) groups is 1. The average molecular weight is 258 g/mol. The van der Waals surface area contributed by atoms with Gasteiger partial charge in [-0.15, -0.1) is 0 Å². The highest BCUT2D eigenvalue weighted by Gasteiger charge is 2.22. The first-order chi connectivity index (χ1) is 8.58. The Labute approximate surface area is 102 Å². The minimum Gasteiger partial charge on any atom is -0.349 e. The van der Waals surface area contributed by atoms with Crippen LogP contribution < -0.4 is 5.32 Å². The molecule has 1 aliphatic carbocycles. The fraction of sp³-hybridized carbons (Fsp3) is 0.500. The molecule has 0 unspecified atom stereocenters. The highest BCUT2D eigenvalue weighted by molar-refractivity contribution is 5.94. The lowest BCUT2D eigenvalue weighted by Crippen LogP contribution is -2.36. The van der Waals surface area contributed by atoms with E-state index in [9.17, 15) is 18.0 Å². The van der Waals surface area contributed by atoms with E-state index in [1.807, 2.05) is 0 Å². The molecule has 0 aliphatic heterocycles. The fourth-order valence-electron chi connectivity index (χ4n) is 2.14. The quantitative estimate of drug-likeness (QED) is 0.828. The van der Waals surface area contributed by atoms with E-state index in [2.05, 4.69) is 10.3 Å². The molecule has 2 rings (SSSR count). The van der Waals surface area contributed by atoms with Crippen molar-refractivity contribution in [3.05, 3.63) is 29.3 Å². The zero-order valence-electron chi connectivity index (χ0n) is 9.68. The van der Waals surface area contributed by atoms with Crippen LogP contribution in [0, 0.1) is 17.7 Å². The van der Waals surface area contributed by atoms with E-state index in [1.165, 1.54) is 0 Å². The smallest absolute Gasteiger partial charge is 0.254 e. The van der Waals surface area contributed by atoms with E-state index in [1.54, 1.807) is 0 Å². The predicted molar refractivity (Wildman–Crippen MR) is 58.5 cm³/mol. The number of carbonyl (C=O) groups excluding carboxylic acids is 1. The normalized spacial score (nSPS) is 16.6. The fourth-order valence-corrected chi connectivity index (χ4v) is 2.14. The van der Waals surface area contributed by atoms with Crippen molar-refractivity contribution in [1.82, 2.24) is 10.3 Å². The number of rotatable bonds is 2. The van der Waals surface area contributed by atoms with E-state index in [-0.39, 0.29) is 6.04 Å². The molecule has 1 aromatic heterocycles. The Balaban J connectivity index is 2.13. The maximum Gasteiger partial charge on any atom is 0.254 e. The third-order valence-electron chi connectivity index (χ3n) is 3.07. The summed E-state index contributed by atoms with van der Waals surface area (Å²) in [4.78, 5) is 14.4. The highest BCUT2D eigenvalue weighted by Crippen LogP contribution is 2.18. The Morgan fingerprint density at radius 1 is 1.22 bits per heavy atom. The second-order valence-corrected chi connectivity index (χ2v) is 4.41. The summed E-state index contributed by atoms with van der Waals surface area (Å²) in [6.45, 7) is 0. The van der Waals surface area contributed by atoms with Crippen LogP contribution in [0.4, 0.5) is 13.2 Å². The number of nitrogens with zero attached hydrogens (tertiary/aromatic N) is 1. The molecule has 0 radical (unpaired) electrons. The molecule has 6 heteroatoms. The maximum atomic E-state index is 13.3. The minimum absolute atomic E-state index is 0.0510. The molecule has 98 valence electrons. The van der Waals surface area contributed by atoms with Crippen LogP contribution >= 0.6 is 0 Å². The molecular formula is C12H13F3N2O. The van der Waals surface area contributed by atoms with Crippen molar-refractivity contribution in [1.29, 1.82) is 0 Å². The molecule has 0 atom stereocenters. The number of aromatic nitrogens is 1. The number of pyridine rings is 1. The molecule has 18 heavy (non-hydrogen) atoms. The van der Waals surface area contributed by atoms with Gasteiger partial charge in [-0.05, 0) is 12.8 Å². The number of halogens is 3. The van der Waals surface area contributed by atoms with Gasteiger partial charge in [0.05, 0.1) is 5.56 Å². The first kappa shape index (κ1) is 12.9. The van der Waals surface area contributed by atoms with Gasteiger partial charge >= 0.3 is 0 Å². The second-order valence-electron chi connectivity index (χ2n) is 4.41. The lowest BCUT2D eigenvalue weighted by Gasteiger charge is -2.22. The molecule has 0 bridgehead atoms. The van der Waals surface area contributed by atoms with Crippen LogP contribution in [0.2, 0.25) is 0 Å². The summed E-state index contributed by atoms with van der Waals surface area (Å²) >= 11 is 0. The molecule has 3 nitrogen and oxygen atoms in total. The molecule has 1 N–H and O–H groups in total. The molecule has 1 fully saturated rings. The Bertz CT molecular complexity index is 459.